The third-order valence-corrected chi connectivity index (χ3v) is 14.4. The van der Waals surface area contributed by atoms with E-state index in [1.165, 1.54) is 0 Å². The number of hydrogen-bond donors (Lipinski definition) is 4. The van der Waals surface area contributed by atoms with E-state index in [1.807, 2.05) is 70.6 Å². The predicted octanol–water partition coefficient (Wildman–Crippen LogP) is 5.21. The van der Waals surface area contributed by atoms with E-state index in [1.54, 1.807) is 0 Å². The average Bonchev–Trinajstić information content (AvgIpc) is 2.60. The minimum atomic E-state index is 0.0992. The Labute approximate surface area is 151 Å². The Morgan fingerprint density at radius 1 is 0.706 bits per heavy atom. The molecule has 0 aromatic carbocycles. The van der Waals surface area contributed by atoms with Crippen LogP contribution < -0.4 is 0 Å². The smallest absolute Gasteiger partial charge is 0.142 e. The van der Waals surface area contributed by atoms with Crippen molar-refractivity contribution >= 4 is 121 Å². The van der Waals surface area contributed by atoms with Crippen LogP contribution in [0.15, 0.2) is 0 Å². The normalized spacial score (nSPS) is 21.9. The molecule has 1 fully saturated rings. The molecule has 0 radical (unpaired) electrons. The van der Waals surface area contributed by atoms with Gasteiger partial charge in [0.05, 0.1) is 0 Å². The molecule has 0 spiro atoms. The third kappa shape index (κ3) is 4.48. The van der Waals surface area contributed by atoms with E-state index < -0.39 is 0 Å². The van der Waals surface area contributed by atoms with Gasteiger partial charge in [0.15, 0.2) is 0 Å². The standard InChI is InChI=1S/C7H14S10/c8-1-12-6(13-2-9)7(14-3-10,15-4-11)17-5-16-6/h8-11H,1-5H2. The van der Waals surface area contributed by atoms with Gasteiger partial charge in [0, 0.05) is 25.4 Å². The van der Waals surface area contributed by atoms with E-state index in [-0.39, 0.29) is 6.82 Å². The van der Waals surface area contributed by atoms with Crippen molar-refractivity contribution in [3.05, 3.63) is 0 Å². The van der Waals surface area contributed by atoms with Crippen molar-refractivity contribution in [1.82, 2.24) is 0 Å². The van der Waals surface area contributed by atoms with Crippen LogP contribution in [0.4, 0.5) is 0 Å². The zero-order valence-electron chi connectivity index (χ0n) is 8.77. The van der Waals surface area contributed by atoms with Gasteiger partial charge in [0.1, 0.15) is 6.82 Å². The highest BCUT2D eigenvalue weighted by Gasteiger charge is 2.58. The van der Waals surface area contributed by atoms with Crippen LogP contribution in [0.1, 0.15) is 0 Å². The molecule has 0 nitrogen and oxygen atoms in total. The molecule has 0 unspecified atom stereocenters. The molecule has 0 saturated carbocycles. The van der Waals surface area contributed by atoms with Crippen LogP contribution >= 0.6 is 121 Å². The van der Waals surface area contributed by atoms with Gasteiger partial charge in [-0.15, -0.1) is 70.6 Å². The summed E-state index contributed by atoms with van der Waals surface area (Å²) in [5.74, 6) is 0. The van der Waals surface area contributed by atoms with Crippen molar-refractivity contribution in [3.8, 4) is 0 Å². The number of hydrogen-bond acceptors (Lipinski definition) is 10. The topological polar surface area (TPSA) is 0 Å². The van der Waals surface area contributed by atoms with Crippen molar-refractivity contribution < 1.29 is 0 Å². The lowest BCUT2D eigenvalue weighted by atomic mass is 10.9. The van der Waals surface area contributed by atoms with Gasteiger partial charge in [-0.25, -0.2) is 0 Å². The van der Waals surface area contributed by atoms with Crippen molar-refractivity contribution in [2.24, 2.45) is 0 Å². The van der Waals surface area contributed by atoms with E-state index in [4.69, 9.17) is 0 Å². The van der Waals surface area contributed by atoms with Gasteiger partial charge >= 0.3 is 0 Å². The molecule has 0 aromatic rings. The molecule has 0 aliphatic carbocycles. The summed E-state index contributed by atoms with van der Waals surface area (Å²) < 4.78 is 0.198. The van der Waals surface area contributed by atoms with Gasteiger partial charge in [-0.1, -0.05) is 0 Å². The van der Waals surface area contributed by atoms with Gasteiger partial charge in [-0.2, -0.15) is 50.5 Å². The molecule has 1 saturated heterocycles. The predicted molar refractivity (Wildman–Crippen MR) is 111 cm³/mol. The van der Waals surface area contributed by atoms with Crippen LogP contribution in [-0.2, 0) is 0 Å². The fourth-order valence-electron chi connectivity index (χ4n) is 1.30. The summed E-state index contributed by atoms with van der Waals surface area (Å²) in [4.78, 5) is 0. The molecule has 10 heteroatoms. The fourth-order valence-corrected chi connectivity index (χ4v) is 17.3. The maximum absolute atomic E-state index is 4.40. The minimum absolute atomic E-state index is 0.0992. The second-order valence-electron chi connectivity index (χ2n) is 2.61. The molecule has 0 aromatic heterocycles. The van der Waals surface area contributed by atoms with E-state index in [9.17, 15) is 0 Å². The summed E-state index contributed by atoms with van der Waals surface area (Å²) in [7, 11) is 0. The summed E-state index contributed by atoms with van der Waals surface area (Å²) >= 11 is 29.3. The van der Waals surface area contributed by atoms with Crippen molar-refractivity contribution in [2.75, 3.05) is 25.4 Å². The first-order valence-electron chi connectivity index (χ1n) is 4.47. The maximum atomic E-state index is 4.40. The second kappa shape index (κ2) is 9.50. The SMILES string of the molecule is SCSC1(SCS)SCSC1(SCS)SCS. The van der Waals surface area contributed by atoms with Crippen LogP contribution in [-0.4, -0.2) is 32.2 Å². The first-order valence-corrected chi connectivity index (χ1v) is 12.9. The molecular weight excluding hydrogens is 405 g/mol. The van der Waals surface area contributed by atoms with Crippen LogP contribution in [0.5, 0.6) is 0 Å². The van der Waals surface area contributed by atoms with E-state index in [2.05, 4.69) is 50.5 Å². The Hall–Kier alpha value is 3.50. The van der Waals surface area contributed by atoms with Gasteiger partial charge in [0.25, 0.3) is 0 Å². The Morgan fingerprint density at radius 2 is 1.00 bits per heavy atom. The molecule has 102 valence electrons. The zero-order chi connectivity index (χ0) is 12.8. The Bertz CT molecular complexity index is 187. The van der Waals surface area contributed by atoms with Crippen LogP contribution in [0, 0.1) is 0 Å². The lowest BCUT2D eigenvalue weighted by Crippen LogP contribution is -2.35. The Balaban J connectivity index is 2.95. The largest absolute Gasteiger partial charge is 0.168 e. The first kappa shape index (κ1) is 18.5. The Morgan fingerprint density at radius 3 is 1.24 bits per heavy atom. The molecule has 1 heterocycles. The summed E-state index contributed by atoms with van der Waals surface area (Å²) in [6.45, 7) is 0. The van der Waals surface area contributed by atoms with E-state index in [0.29, 0.717) is 0 Å². The summed E-state index contributed by atoms with van der Waals surface area (Å²) in [5.41, 5.74) is 0. The molecule has 1 aliphatic rings. The highest BCUT2D eigenvalue weighted by molar-refractivity contribution is 8.50. The van der Waals surface area contributed by atoms with Crippen molar-refractivity contribution in [2.45, 2.75) is 6.82 Å². The quantitative estimate of drug-likeness (QED) is 0.313. The molecule has 1 aliphatic heterocycles. The Kier molecular flexibility index (Phi) is 10.4. The monoisotopic (exact) mass is 418 g/mol. The fraction of sp³-hybridized carbons (Fsp3) is 1.00. The molecule has 0 bridgehead atoms. The maximum Gasteiger partial charge on any atom is 0.142 e. The number of thioether (sulfide) groups is 6. The van der Waals surface area contributed by atoms with Crippen molar-refractivity contribution in [1.29, 1.82) is 0 Å². The van der Waals surface area contributed by atoms with Gasteiger partial charge in [-0.3, -0.25) is 0 Å². The molecule has 1 rings (SSSR count). The summed E-state index contributed by atoms with van der Waals surface area (Å²) in [5, 5.41) is 4.43. The van der Waals surface area contributed by atoms with Gasteiger partial charge in [0.2, 0.25) is 0 Å². The zero-order valence-corrected chi connectivity index (χ0v) is 17.3. The molecule has 0 N–H and O–H groups in total. The molecule has 17 heavy (non-hydrogen) atoms. The minimum Gasteiger partial charge on any atom is -0.168 e. The molecule has 0 atom stereocenters. The average molecular weight is 419 g/mol. The van der Waals surface area contributed by atoms with Crippen LogP contribution in [0.2, 0.25) is 0 Å². The van der Waals surface area contributed by atoms with Crippen LogP contribution in [0.3, 0.4) is 0 Å². The lowest BCUT2D eigenvalue weighted by Gasteiger charge is -2.41. The molecular formula is C7H14S10. The van der Waals surface area contributed by atoms with E-state index >= 15 is 0 Å². The number of thiol groups is 4. The van der Waals surface area contributed by atoms with E-state index in [0.717, 1.165) is 25.4 Å². The van der Waals surface area contributed by atoms with Crippen LogP contribution in [0.25, 0.3) is 0 Å². The third-order valence-electron chi connectivity index (χ3n) is 1.89. The number of rotatable bonds is 8. The van der Waals surface area contributed by atoms with Crippen molar-refractivity contribution in [3.63, 3.8) is 0 Å². The summed E-state index contributed by atoms with van der Waals surface area (Å²) in [6, 6.07) is 0. The molecule has 0 amide bonds. The highest BCUT2D eigenvalue weighted by Crippen LogP contribution is 2.73. The lowest BCUT2D eigenvalue weighted by molar-refractivity contribution is 1.22. The summed E-state index contributed by atoms with van der Waals surface area (Å²) in [6.07, 6.45) is 0. The second-order valence-corrected chi connectivity index (χ2v) is 14.6. The highest BCUT2D eigenvalue weighted by atomic mass is 32.3. The first-order chi connectivity index (χ1) is 8.20. The van der Waals surface area contributed by atoms with Gasteiger partial charge in [-0.05, 0) is 0 Å². The van der Waals surface area contributed by atoms with Gasteiger partial charge < -0.3 is 0 Å².